The third kappa shape index (κ3) is 2.59. The SMILES string of the molecule is C=C1C(OC(=O)C(C)(C)C(C)O)CC2CC1C21CO[C@@]2(C[C@H](C)C(=O)O2)C1. The monoisotopic (exact) mass is 378 g/mol. The number of carbonyl (C=O) groups excluding carboxylic acids is 2. The molecular formula is C21H30O6. The van der Waals surface area contributed by atoms with Crippen LogP contribution in [0.4, 0.5) is 0 Å². The van der Waals surface area contributed by atoms with Gasteiger partial charge in [-0.15, -0.1) is 0 Å². The van der Waals surface area contributed by atoms with Crippen LogP contribution in [0.2, 0.25) is 0 Å². The highest BCUT2D eigenvalue weighted by atomic mass is 16.7. The molecule has 2 aliphatic heterocycles. The molecule has 3 aliphatic carbocycles. The molecule has 2 bridgehead atoms. The maximum Gasteiger partial charge on any atom is 0.314 e. The fraction of sp³-hybridized carbons (Fsp3) is 0.810. The zero-order valence-electron chi connectivity index (χ0n) is 16.6. The number of carbonyl (C=O) groups is 2. The molecule has 2 spiro atoms. The van der Waals surface area contributed by atoms with E-state index in [1.807, 2.05) is 6.92 Å². The highest BCUT2D eigenvalue weighted by Gasteiger charge is 2.69. The number of aliphatic hydroxyl groups excluding tert-OH is 1. The Bertz CT molecular complexity index is 697. The Morgan fingerprint density at radius 3 is 2.67 bits per heavy atom. The molecule has 2 heterocycles. The Kier molecular flexibility index (Phi) is 4.07. The molecule has 0 amide bonds. The molecule has 0 aromatic rings. The average molecular weight is 378 g/mol. The number of fused-ring (bicyclic) bond motifs is 2. The van der Waals surface area contributed by atoms with E-state index < -0.39 is 23.3 Å². The van der Waals surface area contributed by atoms with Crippen LogP contribution < -0.4 is 0 Å². The van der Waals surface area contributed by atoms with Gasteiger partial charge < -0.3 is 19.3 Å². The molecule has 0 aromatic carbocycles. The van der Waals surface area contributed by atoms with Gasteiger partial charge in [0, 0.05) is 18.3 Å². The summed E-state index contributed by atoms with van der Waals surface area (Å²) >= 11 is 0. The van der Waals surface area contributed by atoms with E-state index in [0.717, 1.165) is 18.4 Å². The van der Waals surface area contributed by atoms with Gasteiger partial charge >= 0.3 is 11.9 Å². The first-order valence-corrected chi connectivity index (χ1v) is 9.95. The summed E-state index contributed by atoms with van der Waals surface area (Å²) in [5.74, 6) is -0.878. The molecule has 2 saturated heterocycles. The van der Waals surface area contributed by atoms with Gasteiger partial charge in [-0.3, -0.25) is 9.59 Å². The average Bonchev–Trinajstić information content (AvgIpc) is 3.10. The lowest BCUT2D eigenvalue weighted by atomic mass is 9.44. The minimum atomic E-state index is -0.950. The van der Waals surface area contributed by atoms with Crippen molar-refractivity contribution in [2.24, 2.45) is 28.6 Å². The molecule has 6 nitrogen and oxygen atoms in total. The molecule has 5 aliphatic rings. The van der Waals surface area contributed by atoms with Crippen LogP contribution in [0.3, 0.4) is 0 Å². The van der Waals surface area contributed by atoms with Crippen molar-refractivity contribution in [2.75, 3.05) is 6.61 Å². The topological polar surface area (TPSA) is 82.1 Å². The van der Waals surface area contributed by atoms with Crippen molar-refractivity contribution < 1.29 is 28.9 Å². The molecule has 6 heteroatoms. The van der Waals surface area contributed by atoms with Gasteiger partial charge in [-0.25, -0.2) is 0 Å². The van der Waals surface area contributed by atoms with Gasteiger partial charge in [-0.1, -0.05) is 13.5 Å². The first kappa shape index (κ1) is 18.9. The Morgan fingerprint density at radius 1 is 1.41 bits per heavy atom. The van der Waals surface area contributed by atoms with Crippen LogP contribution in [0, 0.1) is 28.6 Å². The van der Waals surface area contributed by atoms with Crippen molar-refractivity contribution in [1.29, 1.82) is 0 Å². The van der Waals surface area contributed by atoms with E-state index >= 15 is 0 Å². The van der Waals surface area contributed by atoms with Crippen molar-refractivity contribution in [2.45, 2.75) is 71.4 Å². The van der Waals surface area contributed by atoms with Crippen molar-refractivity contribution in [1.82, 2.24) is 0 Å². The Labute approximate surface area is 160 Å². The maximum atomic E-state index is 12.5. The van der Waals surface area contributed by atoms with E-state index in [4.69, 9.17) is 14.2 Å². The number of aliphatic hydroxyl groups is 1. The van der Waals surface area contributed by atoms with E-state index in [1.54, 1.807) is 20.8 Å². The van der Waals surface area contributed by atoms with Gasteiger partial charge in [0.25, 0.3) is 0 Å². The molecule has 27 heavy (non-hydrogen) atoms. The number of esters is 2. The highest BCUT2D eigenvalue weighted by Crippen LogP contribution is 2.68. The zero-order valence-corrected chi connectivity index (χ0v) is 16.6. The lowest BCUT2D eigenvalue weighted by molar-refractivity contribution is -0.192. The van der Waals surface area contributed by atoms with E-state index in [1.165, 1.54) is 0 Å². The lowest BCUT2D eigenvalue weighted by Gasteiger charge is -2.60. The first-order chi connectivity index (χ1) is 12.5. The maximum absolute atomic E-state index is 12.5. The second-order valence-corrected chi connectivity index (χ2v) is 9.72. The lowest BCUT2D eigenvalue weighted by Crippen LogP contribution is -2.58. The van der Waals surface area contributed by atoms with Gasteiger partial charge in [0.1, 0.15) is 6.10 Å². The molecule has 0 aromatic heterocycles. The molecule has 5 fully saturated rings. The van der Waals surface area contributed by atoms with E-state index in [0.29, 0.717) is 25.4 Å². The Balaban J connectivity index is 1.46. The van der Waals surface area contributed by atoms with E-state index in [-0.39, 0.29) is 29.3 Å². The van der Waals surface area contributed by atoms with Gasteiger partial charge in [0.05, 0.1) is 24.0 Å². The summed E-state index contributed by atoms with van der Waals surface area (Å²) in [6.07, 6.45) is 1.97. The predicted molar refractivity (Wildman–Crippen MR) is 96.3 cm³/mol. The largest absolute Gasteiger partial charge is 0.457 e. The van der Waals surface area contributed by atoms with Gasteiger partial charge in [0.2, 0.25) is 5.79 Å². The Morgan fingerprint density at radius 2 is 2.11 bits per heavy atom. The van der Waals surface area contributed by atoms with E-state index in [2.05, 4.69) is 6.58 Å². The normalized spacial score (nSPS) is 44.3. The molecule has 0 radical (unpaired) electrons. The molecule has 5 unspecified atom stereocenters. The zero-order chi connectivity index (χ0) is 19.8. The molecule has 1 N–H and O–H groups in total. The van der Waals surface area contributed by atoms with Crippen molar-refractivity contribution >= 4 is 11.9 Å². The van der Waals surface area contributed by atoms with Crippen LogP contribution in [0.5, 0.6) is 0 Å². The van der Waals surface area contributed by atoms with Crippen LogP contribution in [0.15, 0.2) is 12.2 Å². The Hall–Kier alpha value is -1.40. The molecule has 150 valence electrons. The van der Waals surface area contributed by atoms with Crippen LogP contribution in [0.1, 0.15) is 53.4 Å². The summed E-state index contributed by atoms with van der Waals surface area (Å²) in [7, 11) is 0. The number of rotatable bonds is 3. The number of ether oxygens (including phenoxy) is 3. The molecule has 7 atom stereocenters. The standard InChI is InChI=1S/C21H30O6/c1-11-8-21(27-17(11)23)9-20(10-25-21)14-6-15(20)12(2)16(7-14)26-18(24)19(4,5)13(3)22/h11,13-16,22H,2,6-10H2,1,3-5H3/t11-,13?,14?,15?,16?,20?,21+/m0/s1. The van der Waals surface area contributed by atoms with Gasteiger partial charge in [-0.2, -0.15) is 0 Å². The van der Waals surface area contributed by atoms with Crippen LogP contribution in [0.25, 0.3) is 0 Å². The van der Waals surface area contributed by atoms with Crippen molar-refractivity contribution in [3.63, 3.8) is 0 Å². The minimum absolute atomic E-state index is 0.0515. The van der Waals surface area contributed by atoms with Gasteiger partial charge in [0.15, 0.2) is 0 Å². The van der Waals surface area contributed by atoms with E-state index in [9.17, 15) is 14.7 Å². The quantitative estimate of drug-likeness (QED) is 0.600. The van der Waals surface area contributed by atoms with Crippen LogP contribution in [-0.4, -0.2) is 41.6 Å². The first-order valence-electron chi connectivity index (χ1n) is 9.95. The third-order valence-corrected chi connectivity index (χ3v) is 7.72. The summed E-state index contributed by atoms with van der Waals surface area (Å²) in [6, 6.07) is 0. The van der Waals surface area contributed by atoms with Crippen LogP contribution in [-0.2, 0) is 23.8 Å². The molecular weight excluding hydrogens is 348 g/mol. The summed E-state index contributed by atoms with van der Waals surface area (Å²) in [5, 5.41) is 9.85. The summed E-state index contributed by atoms with van der Waals surface area (Å²) < 4.78 is 17.4. The number of hydrogen-bond acceptors (Lipinski definition) is 6. The summed E-state index contributed by atoms with van der Waals surface area (Å²) in [6.45, 7) is 11.7. The highest BCUT2D eigenvalue weighted by molar-refractivity contribution is 5.77. The van der Waals surface area contributed by atoms with Crippen LogP contribution >= 0.6 is 0 Å². The van der Waals surface area contributed by atoms with Crippen molar-refractivity contribution in [3.8, 4) is 0 Å². The molecule has 5 rings (SSSR count). The smallest absolute Gasteiger partial charge is 0.314 e. The number of hydrogen-bond donors (Lipinski definition) is 1. The third-order valence-electron chi connectivity index (χ3n) is 7.72. The second kappa shape index (κ2) is 5.80. The minimum Gasteiger partial charge on any atom is -0.457 e. The fourth-order valence-corrected chi connectivity index (χ4v) is 5.37. The fourth-order valence-electron chi connectivity index (χ4n) is 5.37. The predicted octanol–water partition coefficient (Wildman–Crippen LogP) is 2.59. The summed E-state index contributed by atoms with van der Waals surface area (Å²) in [4.78, 5) is 24.4. The van der Waals surface area contributed by atoms with Crippen molar-refractivity contribution in [3.05, 3.63) is 12.2 Å². The van der Waals surface area contributed by atoms with Gasteiger partial charge in [-0.05, 0) is 51.0 Å². The summed E-state index contributed by atoms with van der Waals surface area (Å²) in [5.41, 5.74) is -0.0661. The second-order valence-electron chi connectivity index (χ2n) is 9.72. The molecule has 3 saturated carbocycles.